The van der Waals surface area contributed by atoms with E-state index in [1.54, 1.807) is 0 Å². The number of benzene rings is 2. The van der Waals surface area contributed by atoms with Crippen molar-refractivity contribution in [1.29, 1.82) is 0 Å². The Labute approximate surface area is 112 Å². The van der Waals surface area contributed by atoms with Crippen LogP contribution in [0, 0.1) is 0 Å². The highest BCUT2D eigenvalue weighted by atomic mass is 16.8. The molecule has 0 aliphatic carbocycles. The van der Waals surface area contributed by atoms with Crippen molar-refractivity contribution in [2.24, 2.45) is 0 Å². The Bertz CT molecular complexity index is 539. The van der Waals surface area contributed by atoms with Crippen LogP contribution >= 0.6 is 0 Å². The predicted octanol–water partition coefficient (Wildman–Crippen LogP) is 3.39. The minimum atomic E-state index is -0.107. The maximum atomic E-state index is 5.74. The predicted molar refractivity (Wildman–Crippen MR) is 72.2 cm³/mol. The summed E-state index contributed by atoms with van der Waals surface area (Å²) in [7, 11) is 0. The van der Waals surface area contributed by atoms with Gasteiger partial charge in [-0.15, -0.1) is 0 Å². The average Bonchev–Trinajstić information content (AvgIpc) is 3.13. The number of rotatable bonds is 5. The normalized spacial score (nSPS) is 20.9. The third kappa shape index (κ3) is 3.26. The van der Waals surface area contributed by atoms with Gasteiger partial charge < -0.3 is 14.2 Å². The highest BCUT2D eigenvalue weighted by Crippen LogP contribution is 2.28. The molecule has 98 valence electrons. The third-order valence-electron chi connectivity index (χ3n) is 2.96. The molecule has 2 aromatic carbocycles. The Kier molecular flexibility index (Phi) is 3.38. The van der Waals surface area contributed by atoms with Crippen molar-refractivity contribution < 1.29 is 14.2 Å². The van der Waals surface area contributed by atoms with Crippen LogP contribution in [0.25, 0.3) is 0 Å². The zero-order valence-electron chi connectivity index (χ0n) is 10.8. The van der Waals surface area contributed by atoms with Gasteiger partial charge in [0.25, 0.3) is 0 Å². The molecule has 1 aliphatic heterocycles. The second-order valence-corrected chi connectivity index (χ2v) is 4.58. The minimum Gasteiger partial charge on any atom is -0.489 e. The van der Waals surface area contributed by atoms with Crippen LogP contribution in [0.5, 0.6) is 11.5 Å². The smallest absolute Gasteiger partial charge is 0.226 e. The first kappa shape index (κ1) is 12.1. The van der Waals surface area contributed by atoms with Crippen LogP contribution < -0.4 is 9.47 Å². The van der Waals surface area contributed by atoms with Crippen LogP contribution in [-0.2, 0) is 11.3 Å². The van der Waals surface area contributed by atoms with Gasteiger partial charge in [0.2, 0.25) is 6.29 Å². The zero-order chi connectivity index (χ0) is 13.1. The van der Waals surface area contributed by atoms with E-state index in [1.165, 1.54) is 0 Å². The Morgan fingerprint density at radius 1 is 1.00 bits per heavy atom. The van der Waals surface area contributed by atoms with Gasteiger partial charge in [-0.05, 0) is 24.6 Å². The summed E-state index contributed by atoms with van der Waals surface area (Å²) in [6.45, 7) is 2.54. The van der Waals surface area contributed by atoms with E-state index in [4.69, 9.17) is 14.2 Å². The third-order valence-corrected chi connectivity index (χ3v) is 2.96. The van der Waals surface area contributed by atoms with E-state index in [9.17, 15) is 0 Å². The number of hydrogen-bond acceptors (Lipinski definition) is 3. The Morgan fingerprint density at radius 3 is 2.47 bits per heavy atom. The molecule has 2 aromatic rings. The molecule has 0 saturated carbocycles. The number of epoxide rings is 1. The lowest BCUT2D eigenvalue weighted by Gasteiger charge is -2.08. The number of hydrogen-bond donors (Lipinski definition) is 0. The van der Waals surface area contributed by atoms with Crippen molar-refractivity contribution in [3.8, 4) is 11.5 Å². The van der Waals surface area contributed by atoms with Gasteiger partial charge in [0, 0.05) is 6.07 Å². The Hall–Kier alpha value is -2.00. The number of ether oxygens (including phenoxy) is 3. The summed E-state index contributed by atoms with van der Waals surface area (Å²) in [4.78, 5) is 0. The second kappa shape index (κ2) is 5.33. The molecule has 0 aromatic heterocycles. The fraction of sp³-hybridized carbons (Fsp3) is 0.250. The molecular formula is C16H16O3. The van der Waals surface area contributed by atoms with Crippen molar-refractivity contribution >= 4 is 0 Å². The van der Waals surface area contributed by atoms with Crippen LogP contribution in [0.4, 0.5) is 0 Å². The first-order chi connectivity index (χ1) is 9.31. The van der Waals surface area contributed by atoms with Crippen LogP contribution in [0.1, 0.15) is 12.5 Å². The summed E-state index contributed by atoms with van der Waals surface area (Å²) in [6.07, 6.45) is 0.0817. The summed E-state index contributed by atoms with van der Waals surface area (Å²) >= 11 is 0. The van der Waals surface area contributed by atoms with Crippen LogP contribution in [0.3, 0.4) is 0 Å². The van der Waals surface area contributed by atoms with Crippen molar-refractivity contribution in [2.45, 2.75) is 25.9 Å². The van der Waals surface area contributed by atoms with Crippen LogP contribution in [-0.4, -0.2) is 12.4 Å². The van der Waals surface area contributed by atoms with E-state index in [0.29, 0.717) is 6.61 Å². The van der Waals surface area contributed by atoms with Gasteiger partial charge in [0.05, 0.1) is 0 Å². The van der Waals surface area contributed by atoms with E-state index in [0.717, 1.165) is 17.1 Å². The molecule has 1 saturated heterocycles. The quantitative estimate of drug-likeness (QED) is 0.768. The van der Waals surface area contributed by atoms with Gasteiger partial charge in [-0.3, -0.25) is 0 Å². The van der Waals surface area contributed by atoms with Gasteiger partial charge in [0.15, 0.2) is 0 Å². The Balaban J connectivity index is 1.60. The lowest BCUT2D eigenvalue weighted by molar-refractivity contribution is 0.177. The molecule has 0 amide bonds. The van der Waals surface area contributed by atoms with E-state index in [1.807, 2.05) is 61.5 Å². The van der Waals surface area contributed by atoms with Crippen LogP contribution in [0.2, 0.25) is 0 Å². The molecule has 0 bridgehead atoms. The lowest BCUT2D eigenvalue weighted by atomic mass is 10.2. The molecule has 0 spiro atoms. The summed E-state index contributed by atoms with van der Waals surface area (Å²) in [6, 6.07) is 17.7. The fourth-order valence-corrected chi connectivity index (χ4v) is 1.80. The molecular weight excluding hydrogens is 240 g/mol. The van der Waals surface area contributed by atoms with Crippen molar-refractivity contribution in [3.05, 3.63) is 60.2 Å². The van der Waals surface area contributed by atoms with Crippen molar-refractivity contribution in [1.82, 2.24) is 0 Å². The first-order valence-corrected chi connectivity index (χ1v) is 6.40. The van der Waals surface area contributed by atoms with Gasteiger partial charge >= 0.3 is 0 Å². The molecule has 3 heteroatoms. The summed E-state index contributed by atoms with van der Waals surface area (Å²) in [5.74, 6) is 1.58. The molecule has 19 heavy (non-hydrogen) atoms. The summed E-state index contributed by atoms with van der Waals surface area (Å²) < 4.78 is 16.6. The molecule has 0 radical (unpaired) electrons. The van der Waals surface area contributed by atoms with E-state index >= 15 is 0 Å². The van der Waals surface area contributed by atoms with Crippen LogP contribution in [0.15, 0.2) is 54.6 Å². The Morgan fingerprint density at radius 2 is 1.74 bits per heavy atom. The SMILES string of the molecule is CC1OC1Oc1cccc(OCc2ccccc2)c1. The van der Waals surface area contributed by atoms with E-state index in [-0.39, 0.29) is 12.4 Å². The molecule has 2 atom stereocenters. The van der Waals surface area contributed by atoms with Crippen molar-refractivity contribution in [2.75, 3.05) is 0 Å². The monoisotopic (exact) mass is 256 g/mol. The van der Waals surface area contributed by atoms with Gasteiger partial charge in [0.1, 0.15) is 24.2 Å². The van der Waals surface area contributed by atoms with Gasteiger partial charge in [-0.2, -0.15) is 0 Å². The highest BCUT2D eigenvalue weighted by molar-refractivity contribution is 5.33. The first-order valence-electron chi connectivity index (χ1n) is 6.40. The fourth-order valence-electron chi connectivity index (χ4n) is 1.80. The standard InChI is InChI=1S/C16H16O3/c1-12-16(18-12)19-15-9-5-8-14(10-15)17-11-13-6-3-2-4-7-13/h2-10,12,16H,11H2,1H3. The van der Waals surface area contributed by atoms with E-state index in [2.05, 4.69) is 0 Å². The van der Waals surface area contributed by atoms with Gasteiger partial charge in [-0.25, -0.2) is 0 Å². The summed E-state index contributed by atoms with van der Waals surface area (Å²) in [5.41, 5.74) is 1.15. The highest BCUT2D eigenvalue weighted by Gasteiger charge is 2.36. The average molecular weight is 256 g/mol. The molecule has 2 unspecified atom stereocenters. The van der Waals surface area contributed by atoms with Crippen molar-refractivity contribution in [3.63, 3.8) is 0 Å². The molecule has 1 heterocycles. The molecule has 3 rings (SSSR count). The molecule has 0 N–H and O–H groups in total. The second-order valence-electron chi connectivity index (χ2n) is 4.58. The molecule has 1 aliphatic rings. The maximum absolute atomic E-state index is 5.74. The summed E-state index contributed by atoms with van der Waals surface area (Å²) in [5, 5.41) is 0. The van der Waals surface area contributed by atoms with Gasteiger partial charge in [-0.1, -0.05) is 36.4 Å². The lowest BCUT2D eigenvalue weighted by Crippen LogP contribution is -2.01. The zero-order valence-corrected chi connectivity index (χ0v) is 10.8. The topological polar surface area (TPSA) is 31.0 Å². The van der Waals surface area contributed by atoms with E-state index < -0.39 is 0 Å². The molecule has 1 fully saturated rings. The molecule has 3 nitrogen and oxygen atoms in total. The minimum absolute atomic E-state index is 0.107. The largest absolute Gasteiger partial charge is 0.489 e. The maximum Gasteiger partial charge on any atom is 0.226 e.